The minimum Gasteiger partial charge on any atom is -0.330 e. The van der Waals surface area contributed by atoms with Crippen LogP contribution in [0.3, 0.4) is 0 Å². The molecule has 6 nitrogen and oxygen atoms in total. The second-order valence-electron chi connectivity index (χ2n) is 6.48. The maximum absolute atomic E-state index is 12.4. The molecule has 3 N–H and O–H groups in total. The van der Waals surface area contributed by atoms with Gasteiger partial charge in [-0.2, -0.15) is 0 Å². The Morgan fingerprint density at radius 2 is 1.67 bits per heavy atom. The third-order valence-electron chi connectivity index (χ3n) is 4.94. The van der Waals surface area contributed by atoms with Gasteiger partial charge in [0, 0.05) is 6.54 Å². The standard InChI is InChI=1S/C13H26N2O4S2/c14-10-13(6-2-1-3-7-13)11-15-21(18,19)12-4-8-20(16,17)9-5-12/h12,15H,1-11,14H2. The van der Waals surface area contributed by atoms with E-state index in [1.54, 1.807) is 0 Å². The van der Waals surface area contributed by atoms with E-state index in [1.807, 2.05) is 0 Å². The molecule has 124 valence electrons. The summed E-state index contributed by atoms with van der Waals surface area (Å²) in [4.78, 5) is 0. The van der Waals surface area contributed by atoms with Gasteiger partial charge >= 0.3 is 0 Å². The minimum atomic E-state index is -3.45. The molecule has 8 heteroatoms. The van der Waals surface area contributed by atoms with Crippen molar-refractivity contribution in [2.45, 2.75) is 50.2 Å². The van der Waals surface area contributed by atoms with E-state index in [-0.39, 0.29) is 29.8 Å². The zero-order valence-electron chi connectivity index (χ0n) is 12.4. The van der Waals surface area contributed by atoms with E-state index in [4.69, 9.17) is 5.73 Å². The summed E-state index contributed by atoms with van der Waals surface area (Å²) < 4.78 is 50.2. The number of nitrogens with one attached hydrogen (secondary N) is 1. The molecule has 1 saturated carbocycles. The summed E-state index contributed by atoms with van der Waals surface area (Å²) in [5, 5.41) is -0.584. The molecule has 0 radical (unpaired) electrons. The fourth-order valence-corrected chi connectivity index (χ4v) is 6.69. The van der Waals surface area contributed by atoms with Crippen molar-refractivity contribution in [2.24, 2.45) is 11.1 Å². The normalized spacial score (nSPS) is 26.5. The molecule has 0 bridgehead atoms. The Bertz CT molecular complexity index is 537. The first-order valence-electron chi connectivity index (χ1n) is 7.68. The molecule has 2 rings (SSSR count). The molecule has 1 aliphatic heterocycles. The van der Waals surface area contributed by atoms with Gasteiger partial charge < -0.3 is 5.73 Å². The molecular formula is C13H26N2O4S2. The number of rotatable bonds is 5. The lowest BCUT2D eigenvalue weighted by molar-refractivity contribution is 0.201. The van der Waals surface area contributed by atoms with Crippen molar-refractivity contribution in [3.63, 3.8) is 0 Å². The molecule has 2 fully saturated rings. The fraction of sp³-hybridized carbons (Fsp3) is 1.00. The van der Waals surface area contributed by atoms with Crippen molar-refractivity contribution >= 4 is 19.9 Å². The Labute approximate surface area is 127 Å². The van der Waals surface area contributed by atoms with Crippen LogP contribution in [0.1, 0.15) is 44.9 Å². The maximum atomic E-state index is 12.4. The van der Waals surface area contributed by atoms with Crippen LogP contribution < -0.4 is 10.5 Å². The Balaban J connectivity index is 1.95. The van der Waals surface area contributed by atoms with Gasteiger partial charge in [-0.1, -0.05) is 19.3 Å². The highest BCUT2D eigenvalue weighted by molar-refractivity contribution is 7.92. The number of sulfone groups is 1. The first-order valence-corrected chi connectivity index (χ1v) is 11.0. The maximum Gasteiger partial charge on any atom is 0.214 e. The van der Waals surface area contributed by atoms with E-state index in [0.717, 1.165) is 25.7 Å². The van der Waals surface area contributed by atoms with Crippen molar-refractivity contribution < 1.29 is 16.8 Å². The van der Waals surface area contributed by atoms with Crippen LogP contribution in [-0.2, 0) is 19.9 Å². The molecule has 0 aromatic carbocycles. The lowest BCUT2D eigenvalue weighted by Crippen LogP contribution is -2.47. The minimum absolute atomic E-state index is 0.0272. The third-order valence-corrected chi connectivity index (χ3v) is 8.55. The van der Waals surface area contributed by atoms with Crippen LogP contribution in [0.2, 0.25) is 0 Å². The van der Waals surface area contributed by atoms with Crippen LogP contribution in [0.15, 0.2) is 0 Å². The highest BCUT2D eigenvalue weighted by Gasteiger charge is 2.36. The molecule has 21 heavy (non-hydrogen) atoms. The Hall–Kier alpha value is -0.180. The number of hydrogen-bond acceptors (Lipinski definition) is 5. The van der Waals surface area contributed by atoms with Gasteiger partial charge in [-0.3, -0.25) is 0 Å². The number of sulfonamides is 1. The number of nitrogens with two attached hydrogens (primary N) is 1. The summed E-state index contributed by atoms with van der Waals surface area (Å²) in [6.45, 7) is 0.879. The second-order valence-corrected chi connectivity index (χ2v) is 10.8. The average Bonchev–Trinajstić information content (AvgIpc) is 2.46. The van der Waals surface area contributed by atoms with E-state index >= 15 is 0 Å². The largest absolute Gasteiger partial charge is 0.330 e. The van der Waals surface area contributed by atoms with Crippen LogP contribution in [0.4, 0.5) is 0 Å². The third kappa shape index (κ3) is 4.40. The van der Waals surface area contributed by atoms with Crippen molar-refractivity contribution in [2.75, 3.05) is 24.6 Å². The summed E-state index contributed by atoms with van der Waals surface area (Å²) in [6.07, 6.45) is 5.72. The quantitative estimate of drug-likeness (QED) is 0.754. The Kier molecular flexibility index (Phi) is 5.33. The lowest BCUT2D eigenvalue weighted by Gasteiger charge is -2.36. The molecule has 1 saturated heterocycles. The van der Waals surface area contributed by atoms with E-state index in [9.17, 15) is 16.8 Å². The topological polar surface area (TPSA) is 106 Å². The zero-order chi connectivity index (χ0) is 15.6. The lowest BCUT2D eigenvalue weighted by atomic mass is 9.74. The average molecular weight is 338 g/mol. The highest BCUT2D eigenvalue weighted by atomic mass is 32.2. The predicted molar refractivity (Wildman–Crippen MR) is 83.2 cm³/mol. The van der Waals surface area contributed by atoms with E-state index in [1.165, 1.54) is 6.42 Å². The molecule has 0 amide bonds. The molecule has 0 spiro atoms. The molecule has 1 heterocycles. The van der Waals surface area contributed by atoms with Crippen LogP contribution in [-0.4, -0.2) is 46.7 Å². The molecule has 0 unspecified atom stereocenters. The second kappa shape index (κ2) is 6.52. The Morgan fingerprint density at radius 3 is 2.19 bits per heavy atom. The summed E-state index contributed by atoms with van der Waals surface area (Å²) in [6, 6.07) is 0. The molecule has 1 aliphatic carbocycles. The van der Waals surface area contributed by atoms with Gasteiger partial charge in [0.25, 0.3) is 0 Å². The molecular weight excluding hydrogens is 312 g/mol. The summed E-state index contributed by atoms with van der Waals surface area (Å²) in [5.74, 6) is -0.0543. The summed E-state index contributed by atoms with van der Waals surface area (Å²) >= 11 is 0. The highest BCUT2D eigenvalue weighted by Crippen LogP contribution is 2.35. The molecule has 0 atom stereocenters. The van der Waals surface area contributed by atoms with Crippen LogP contribution in [0, 0.1) is 5.41 Å². The summed E-state index contributed by atoms with van der Waals surface area (Å²) in [5.41, 5.74) is 5.75. The van der Waals surface area contributed by atoms with Crippen LogP contribution in [0.25, 0.3) is 0 Å². The van der Waals surface area contributed by atoms with Crippen molar-refractivity contribution in [3.05, 3.63) is 0 Å². The van der Waals surface area contributed by atoms with E-state index in [0.29, 0.717) is 13.1 Å². The molecule has 0 aromatic rings. The van der Waals surface area contributed by atoms with Gasteiger partial charge in [0.15, 0.2) is 0 Å². The van der Waals surface area contributed by atoms with Crippen molar-refractivity contribution in [1.29, 1.82) is 0 Å². The van der Waals surface area contributed by atoms with E-state index < -0.39 is 25.1 Å². The fourth-order valence-electron chi connectivity index (χ4n) is 3.31. The predicted octanol–water partition coefficient (Wildman–Crippen LogP) is 0.392. The van der Waals surface area contributed by atoms with Gasteiger partial charge in [0.2, 0.25) is 10.0 Å². The first-order chi connectivity index (χ1) is 9.79. The Morgan fingerprint density at radius 1 is 1.10 bits per heavy atom. The van der Waals surface area contributed by atoms with Gasteiger partial charge in [0.05, 0.1) is 16.8 Å². The SMILES string of the molecule is NCC1(CNS(=O)(=O)C2CCS(=O)(=O)CC2)CCCCC1. The van der Waals surface area contributed by atoms with Gasteiger partial charge in [-0.25, -0.2) is 21.6 Å². The van der Waals surface area contributed by atoms with Crippen LogP contribution >= 0.6 is 0 Å². The van der Waals surface area contributed by atoms with Crippen molar-refractivity contribution in [3.8, 4) is 0 Å². The van der Waals surface area contributed by atoms with Gasteiger partial charge in [-0.05, 0) is 37.6 Å². The number of hydrogen-bond donors (Lipinski definition) is 2. The molecule has 0 aromatic heterocycles. The van der Waals surface area contributed by atoms with Gasteiger partial charge in [-0.15, -0.1) is 0 Å². The van der Waals surface area contributed by atoms with Crippen molar-refractivity contribution in [1.82, 2.24) is 4.72 Å². The monoisotopic (exact) mass is 338 g/mol. The summed E-state index contributed by atoms with van der Waals surface area (Å²) in [7, 11) is -6.49. The first kappa shape index (κ1) is 17.2. The van der Waals surface area contributed by atoms with E-state index in [2.05, 4.69) is 4.72 Å². The zero-order valence-corrected chi connectivity index (χ0v) is 14.0. The van der Waals surface area contributed by atoms with Crippen LogP contribution in [0.5, 0.6) is 0 Å². The smallest absolute Gasteiger partial charge is 0.214 e. The van der Waals surface area contributed by atoms with Gasteiger partial charge in [0.1, 0.15) is 9.84 Å². The molecule has 2 aliphatic rings.